The Bertz CT molecular complexity index is 501. The van der Waals surface area contributed by atoms with Gasteiger partial charge in [-0.1, -0.05) is 11.6 Å². The van der Waals surface area contributed by atoms with Crippen molar-refractivity contribution in [2.24, 2.45) is 0 Å². The highest BCUT2D eigenvalue weighted by molar-refractivity contribution is 6.31. The summed E-state index contributed by atoms with van der Waals surface area (Å²) >= 11 is 5.69. The monoisotopic (exact) mass is 284 g/mol. The Hall–Kier alpha value is -1.66. The normalized spacial score (nSPS) is 18.3. The lowest BCUT2D eigenvalue weighted by Gasteiger charge is -2.10. The quantitative estimate of drug-likeness (QED) is 0.678. The number of benzene rings is 1. The molecule has 0 spiro atoms. The summed E-state index contributed by atoms with van der Waals surface area (Å²) in [6.45, 7) is 1.06. The maximum Gasteiger partial charge on any atom is 0.283 e. The Balaban J connectivity index is 2.07. The van der Waals surface area contributed by atoms with Crippen molar-refractivity contribution in [3.05, 3.63) is 38.9 Å². The number of nitrogens with zero attached hydrogens (tertiary/aromatic N) is 1. The van der Waals surface area contributed by atoms with E-state index in [0.29, 0.717) is 13.2 Å². The summed E-state index contributed by atoms with van der Waals surface area (Å²) in [6.07, 6.45) is 1.86. The Labute approximate surface area is 114 Å². The van der Waals surface area contributed by atoms with Gasteiger partial charge >= 0.3 is 0 Å². The summed E-state index contributed by atoms with van der Waals surface area (Å²) in [5.41, 5.74) is -0.287. The molecule has 0 aliphatic carbocycles. The van der Waals surface area contributed by atoms with Gasteiger partial charge in [0.15, 0.2) is 0 Å². The number of hydrogen-bond donors (Lipinski definition) is 1. The van der Waals surface area contributed by atoms with Crippen molar-refractivity contribution in [2.75, 3.05) is 13.2 Å². The summed E-state index contributed by atoms with van der Waals surface area (Å²) in [5.74, 6) is -0.487. The molecule has 0 radical (unpaired) electrons. The molecular formula is C12H13ClN2O4. The molecule has 1 aromatic rings. The highest BCUT2D eigenvalue weighted by atomic mass is 35.5. The van der Waals surface area contributed by atoms with Crippen LogP contribution in [0.4, 0.5) is 5.69 Å². The number of ether oxygens (including phenoxy) is 1. The Kier molecular flexibility index (Phi) is 4.34. The van der Waals surface area contributed by atoms with Gasteiger partial charge in [-0.05, 0) is 25.0 Å². The first-order chi connectivity index (χ1) is 9.08. The number of hydrogen-bond acceptors (Lipinski definition) is 4. The second-order valence-corrected chi connectivity index (χ2v) is 4.70. The van der Waals surface area contributed by atoms with Crippen molar-refractivity contribution in [1.82, 2.24) is 5.32 Å². The number of nitro benzene ring substituents is 1. The molecule has 1 aromatic carbocycles. The molecule has 1 fully saturated rings. The molecule has 1 atom stereocenters. The standard InChI is InChI=1S/C12H13ClN2O4/c13-8-3-4-10(11(6-8)15(17)18)12(16)14-7-9-2-1-5-19-9/h3-4,6,9H,1-2,5,7H2,(H,14,16)/t9-/m0/s1. The van der Waals surface area contributed by atoms with Crippen LogP contribution < -0.4 is 5.32 Å². The SMILES string of the molecule is O=C(NC[C@@H]1CCCO1)c1ccc(Cl)cc1[N+](=O)[O-]. The Morgan fingerprint density at radius 2 is 2.37 bits per heavy atom. The van der Waals surface area contributed by atoms with E-state index in [-0.39, 0.29) is 22.4 Å². The fourth-order valence-electron chi connectivity index (χ4n) is 1.95. The van der Waals surface area contributed by atoms with Crippen LogP contribution in [0.5, 0.6) is 0 Å². The molecule has 7 heteroatoms. The smallest absolute Gasteiger partial charge is 0.283 e. The second kappa shape index (κ2) is 5.99. The van der Waals surface area contributed by atoms with Crippen molar-refractivity contribution in [3.63, 3.8) is 0 Å². The number of nitro groups is 1. The molecular weight excluding hydrogens is 272 g/mol. The molecule has 0 aromatic heterocycles. The first-order valence-electron chi connectivity index (χ1n) is 5.91. The zero-order valence-electron chi connectivity index (χ0n) is 10.1. The van der Waals surface area contributed by atoms with E-state index in [9.17, 15) is 14.9 Å². The summed E-state index contributed by atoms with van der Waals surface area (Å²) < 4.78 is 5.37. The van der Waals surface area contributed by atoms with Gasteiger partial charge in [0.05, 0.1) is 11.0 Å². The van der Waals surface area contributed by atoms with Crippen molar-refractivity contribution in [2.45, 2.75) is 18.9 Å². The molecule has 102 valence electrons. The van der Waals surface area contributed by atoms with Gasteiger partial charge in [-0.15, -0.1) is 0 Å². The van der Waals surface area contributed by atoms with E-state index in [4.69, 9.17) is 16.3 Å². The maximum atomic E-state index is 11.9. The molecule has 1 aliphatic rings. The van der Waals surface area contributed by atoms with Gasteiger partial charge in [-0.2, -0.15) is 0 Å². The topological polar surface area (TPSA) is 81.5 Å². The number of halogens is 1. The number of carbonyl (C=O) groups is 1. The average molecular weight is 285 g/mol. The molecule has 1 heterocycles. The van der Waals surface area contributed by atoms with Crippen molar-refractivity contribution in [3.8, 4) is 0 Å². The summed E-state index contributed by atoms with van der Waals surface area (Å²) in [6, 6.07) is 3.98. The van der Waals surface area contributed by atoms with Crippen molar-refractivity contribution < 1.29 is 14.5 Å². The van der Waals surface area contributed by atoms with Crippen LogP contribution in [-0.4, -0.2) is 30.1 Å². The van der Waals surface area contributed by atoms with Crippen LogP contribution in [-0.2, 0) is 4.74 Å². The number of amides is 1. The van der Waals surface area contributed by atoms with Crippen molar-refractivity contribution >= 4 is 23.2 Å². The van der Waals surface area contributed by atoms with Gasteiger partial charge in [-0.3, -0.25) is 14.9 Å². The number of carbonyl (C=O) groups excluding carboxylic acids is 1. The zero-order valence-corrected chi connectivity index (χ0v) is 10.9. The third-order valence-electron chi connectivity index (χ3n) is 2.92. The van der Waals surface area contributed by atoms with E-state index in [1.54, 1.807) is 0 Å². The van der Waals surface area contributed by atoms with Crippen LogP contribution >= 0.6 is 11.6 Å². The van der Waals surface area contributed by atoms with E-state index in [1.807, 2.05) is 0 Å². The minimum absolute atomic E-state index is 0.00435. The van der Waals surface area contributed by atoms with E-state index >= 15 is 0 Å². The average Bonchev–Trinajstić information content (AvgIpc) is 2.88. The summed E-state index contributed by atoms with van der Waals surface area (Å²) in [7, 11) is 0. The number of nitrogens with one attached hydrogen (secondary N) is 1. The largest absolute Gasteiger partial charge is 0.376 e. The molecule has 6 nitrogen and oxygen atoms in total. The third-order valence-corrected chi connectivity index (χ3v) is 3.15. The van der Waals surface area contributed by atoms with Crippen LogP contribution in [0.25, 0.3) is 0 Å². The second-order valence-electron chi connectivity index (χ2n) is 4.26. The maximum absolute atomic E-state index is 11.9. The molecule has 0 unspecified atom stereocenters. The molecule has 1 N–H and O–H groups in total. The van der Waals surface area contributed by atoms with Crippen LogP contribution in [0.15, 0.2) is 18.2 Å². The van der Waals surface area contributed by atoms with Gasteiger partial charge in [0.25, 0.3) is 11.6 Å². The summed E-state index contributed by atoms with van der Waals surface area (Å²) in [5, 5.41) is 13.7. The van der Waals surface area contributed by atoms with E-state index in [0.717, 1.165) is 12.8 Å². The van der Waals surface area contributed by atoms with Crippen LogP contribution in [0.2, 0.25) is 5.02 Å². The van der Waals surface area contributed by atoms with Gasteiger partial charge in [0.1, 0.15) is 5.56 Å². The van der Waals surface area contributed by atoms with Crippen LogP contribution in [0, 0.1) is 10.1 Å². The molecule has 0 saturated carbocycles. The molecule has 19 heavy (non-hydrogen) atoms. The fraction of sp³-hybridized carbons (Fsp3) is 0.417. The fourth-order valence-corrected chi connectivity index (χ4v) is 2.12. The lowest BCUT2D eigenvalue weighted by Crippen LogP contribution is -2.32. The van der Waals surface area contributed by atoms with Crippen LogP contribution in [0.1, 0.15) is 23.2 Å². The lowest BCUT2D eigenvalue weighted by molar-refractivity contribution is -0.385. The Morgan fingerprint density at radius 3 is 3.00 bits per heavy atom. The summed E-state index contributed by atoms with van der Waals surface area (Å²) in [4.78, 5) is 22.2. The Morgan fingerprint density at radius 1 is 1.58 bits per heavy atom. The highest BCUT2D eigenvalue weighted by Gasteiger charge is 2.22. The predicted octanol–water partition coefficient (Wildman–Crippen LogP) is 2.16. The predicted molar refractivity (Wildman–Crippen MR) is 69.4 cm³/mol. The first-order valence-corrected chi connectivity index (χ1v) is 6.29. The van der Waals surface area contributed by atoms with Crippen molar-refractivity contribution in [1.29, 1.82) is 0 Å². The van der Waals surface area contributed by atoms with Gasteiger partial charge < -0.3 is 10.1 Å². The van der Waals surface area contributed by atoms with Gasteiger partial charge in [-0.25, -0.2) is 0 Å². The zero-order chi connectivity index (χ0) is 13.8. The highest BCUT2D eigenvalue weighted by Crippen LogP contribution is 2.23. The molecule has 2 rings (SSSR count). The molecule has 1 aliphatic heterocycles. The van der Waals surface area contributed by atoms with Crippen LogP contribution in [0.3, 0.4) is 0 Å². The minimum Gasteiger partial charge on any atom is -0.376 e. The van der Waals surface area contributed by atoms with Gasteiger partial charge in [0.2, 0.25) is 0 Å². The number of rotatable bonds is 4. The third kappa shape index (κ3) is 3.42. The minimum atomic E-state index is -0.618. The molecule has 1 saturated heterocycles. The molecule has 1 amide bonds. The first kappa shape index (κ1) is 13.8. The van der Waals surface area contributed by atoms with E-state index in [2.05, 4.69) is 5.32 Å². The molecule has 0 bridgehead atoms. The van der Waals surface area contributed by atoms with E-state index < -0.39 is 10.8 Å². The van der Waals surface area contributed by atoms with E-state index in [1.165, 1.54) is 18.2 Å². The van der Waals surface area contributed by atoms with Gasteiger partial charge in [0, 0.05) is 24.2 Å². The lowest BCUT2D eigenvalue weighted by atomic mass is 10.1.